The highest BCUT2D eigenvalue weighted by Crippen LogP contribution is 2.39. The van der Waals surface area contributed by atoms with Crippen LogP contribution in [0.3, 0.4) is 0 Å². The molecule has 4 rings (SSSR count). The van der Waals surface area contributed by atoms with Crippen molar-refractivity contribution in [2.75, 3.05) is 13.1 Å². The lowest BCUT2D eigenvalue weighted by atomic mass is 10.1. The van der Waals surface area contributed by atoms with Gasteiger partial charge in [-0.1, -0.05) is 18.2 Å². The lowest BCUT2D eigenvalue weighted by Gasteiger charge is -2.22. The maximum absolute atomic E-state index is 14.3. The third kappa shape index (κ3) is 3.79. The average Bonchev–Trinajstić information content (AvgIpc) is 3.00. The summed E-state index contributed by atoms with van der Waals surface area (Å²) in [7, 11) is 0. The van der Waals surface area contributed by atoms with Crippen molar-refractivity contribution in [1.82, 2.24) is 15.1 Å². The predicted octanol–water partition coefficient (Wildman–Crippen LogP) is 4.74. The van der Waals surface area contributed by atoms with E-state index in [9.17, 15) is 17.6 Å². The molecule has 0 spiro atoms. The van der Waals surface area contributed by atoms with Crippen LogP contribution in [0.2, 0.25) is 0 Å². The van der Waals surface area contributed by atoms with E-state index >= 15 is 0 Å². The van der Waals surface area contributed by atoms with Crippen molar-refractivity contribution in [2.24, 2.45) is 0 Å². The summed E-state index contributed by atoms with van der Waals surface area (Å²) in [6.07, 6.45) is -3.29. The summed E-state index contributed by atoms with van der Waals surface area (Å²) in [4.78, 5) is 0. The third-order valence-electron chi connectivity index (χ3n) is 4.62. The Hall–Kier alpha value is -2.32. The highest BCUT2D eigenvalue weighted by atomic mass is 35.5. The van der Waals surface area contributed by atoms with Gasteiger partial charge in [-0.15, -0.1) is 17.5 Å². The first-order valence-electron chi connectivity index (χ1n) is 8.66. The van der Waals surface area contributed by atoms with Crippen LogP contribution in [0.4, 0.5) is 17.6 Å². The maximum Gasteiger partial charge on any atom is 0.418 e. The van der Waals surface area contributed by atoms with E-state index in [0.29, 0.717) is 0 Å². The first-order valence-corrected chi connectivity index (χ1v) is 8.66. The van der Waals surface area contributed by atoms with Gasteiger partial charge in [0.2, 0.25) is 5.88 Å². The SMILES string of the molecule is Cl.Fc1ccccc1-n1nc(OC2CCNCC2)c2cccc(C(F)(F)F)c21. The van der Waals surface area contributed by atoms with E-state index in [4.69, 9.17) is 4.74 Å². The smallest absolute Gasteiger partial charge is 0.418 e. The van der Waals surface area contributed by atoms with Crippen molar-refractivity contribution in [3.05, 3.63) is 53.8 Å². The van der Waals surface area contributed by atoms with Gasteiger partial charge in [-0.3, -0.25) is 0 Å². The molecule has 1 aliphatic heterocycles. The Morgan fingerprint density at radius 2 is 1.75 bits per heavy atom. The Kier molecular flexibility index (Phi) is 5.81. The third-order valence-corrected chi connectivity index (χ3v) is 4.62. The lowest BCUT2D eigenvalue weighted by molar-refractivity contribution is -0.136. The highest BCUT2D eigenvalue weighted by Gasteiger charge is 2.35. The average molecular weight is 416 g/mol. The van der Waals surface area contributed by atoms with Crippen LogP contribution in [0.5, 0.6) is 5.88 Å². The fraction of sp³-hybridized carbons (Fsp3) is 0.316. The standard InChI is InChI=1S/C19H17F4N3O.ClH/c20-15-6-1-2-7-16(15)26-17-13(4-3-5-14(17)19(21,22)23)18(25-26)27-12-8-10-24-11-9-12;/h1-7,12,24H,8-11H2;1H. The summed E-state index contributed by atoms with van der Waals surface area (Å²) in [6, 6.07) is 9.40. The number of para-hydroxylation sites is 2. The van der Waals surface area contributed by atoms with Gasteiger partial charge in [-0.2, -0.15) is 13.2 Å². The molecule has 1 aliphatic rings. The second kappa shape index (κ2) is 7.97. The topological polar surface area (TPSA) is 39.1 Å². The number of halogens is 5. The van der Waals surface area contributed by atoms with Gasteiger partial charge in [-0.25, -0.2) is 9.07 Å². The number of fused-ring (bicyclic) bond motifs is 1. The van der Waals surface area contributed by atoms with Gasteiger partial charge in [0, 0.05) is 0 Å². The molecule has 3 aromatic rings. The highest BCUT2D eigenvalue weighted by molar-refractivity contribution is 5.89. The van der Waals surface area contributed by atoms with Gasteiger partial charge >= 0.3 is 6.18 Å². The fourth-order valence-corrected chi connectivity index (χ4v) is 3.32. The van der Waals surface area contributed by atoms with Crippen molar-refractivity contribution in [3.8, 4) is 11.6 Å². The molecule has 28 heavy (non-hydrogen) atoms. The summed E-state index contributed by atoms with van der Waals surface area (Å²) >= 11 is 0. The number of rotatable bonds is 3. The van der Waals surface area contributed by atoms with E-state index in [1.165, 1.54) is 30.3 Å². The number of nitrogens with one attached hydrogen (secondary N) is 1. The second-order valence-corrected chi connectivity index (χ2v) is 6.44. The van der Waals surface area contributed by atoms with Crippen LogP contribution < -0.4 is 10.1 Å². The summed E-state index contributed by atoms with van der Waals surface area (Å²) in [6.45, 7) is 1.54. The first-order chi connectivity index (χ1) is 12.9. The van der Waals surface area contributed by atoms with Crippen LogP contribution in [-0.4, -0.2) is 29.0 Å². The molecule has 2 aromatic carbocycles. The van der Waals surface area contributed by atoms with Crippen LogP contribution in [0, 0.1) is 5.82 Å². The van der Waals surface area contributed by atoms with Crippen LogP contribution >= 0.6 is 12.4 Å². The van der Waals surface area contributed by atoms with E-state index in [-0.39, 0.29) is 41.0 Å². The van der Waals surface area contributed by atoms with Crippen LogP contribution in [0.25, 0.3) is 16.6 Å². The maximum atomic E-state index is 14.3. The number of ether oxygens (including phenoxy) is 1. The first kappa shape index (κ1) is 20.4. The molecule has 0 atom stereocenters. The molecule has 150 valence electrons. The summed E-state index contributed by atoms with van der Waals surface area (Å²) < 4.78 is 62.0. The number of alkyl halides is 3. The summed E-state index contributed by atoms with van der Waals surface area (Å²) in [5.41, 5.74) is -1.14. The molecule has 1 saturated heterocycles. The molecule has 1 N–H and O–H groups in total. The molecular weight excluding hydrogens is 398 g/mol. The van der Waals surface area contributed by atoms with Gasteiger partial charge in [0.25, 0.3) is 0 Å². The predicted molar refractivity (Wildman–Crippen MR) is 99.8 cm³/mol. The molecule has 0 aliphatic carbocycles. The molecule has 0 saturated carbocycles. The Bertz CT molecular complexity index is 967. The number of hydrogen-bond acceptors (Lipinski definition) is 3. The van der Waals surface area contributed by atoms with Crippen LogP contribution in [-0.2, 0) is 6.18 Å². The second-order valence-electron chi connectivity index (χ2n) is 6.44. The molecule has 1 aromatic heterocycles. The van der Waals surface area contributed by atoms with Crippen LogP contribution in [0.15, 0.2) is 42.5 Å². The van der Waals surface area contributed by atoms with Crippen molar-refractivity contribution >= 4 is 23.3 Å². The molecule has 0 unspecified atom stereocenters. The minimum Gasteiger partial charge on any atom is -0.473 e. The molecular formula is C19H18ClF4N3O. The van der Waals surface area contributed by atoms with Crippen molar-refractivity contribution in [2.45, 2.75) is 25.1 Å². The normalized spacial score (nSPS) is 15.4. The van der Waals surface area contributed by atoms with Crippen molar-refractivity contribution < 1.29 is 22.3 Å². The van der Waals surface area contributed by atoms with Crippen molar-refractivity contribution in [3.63, 3.8) is 0 Å². The van der Waals surface area contributed by atoms with Gasteiger partial charge in [0.1, 0.15) is 17.6 Å². The number of nitrogens with zero attached hydrogens (tertiary/aromatic N) is 2. The lowest BCUT2D eigenvalue weighted by Crippen LogP contribution is -2.34. The molecule has 4 nitrogen and oxygen atoms in total. The summed E-state index contributed by atoms with van der Waals surface area (Å²) in [5.74, 6) is -0.571. The zero-order valence-electron chi connectivity index (χ0n) is 14.7. The Morgan fingerprint density at radius 1 is 1.04 bits per heavy atom. The zero-order chi connectivity index (χ0) is 19.0. The number of benzene rings is 2. The van der Waals surface area contributed by atoms with Gasteiger partial charge in [-0.05, 0) is 50.2 Å². The fourth-order valence-electron chi connectivity index (χ4n) is 3.32. The summed E-state index contributed by atoms with van der Waals surface area (Å²) in [5, 5.41) is 7.64. The largest absolute Gasteiger partial charge is 0.473 e. The molecule has 2 heterocycles. The molecule has 0 amide bonds. The number of aromatic nitrogens is 2. The monoisotopic (exact) mass is 415 g/mol. The minimum absolute atomic E-state index is 0. The van der Waals surface area contributed by atoms with Crippen molar-refractivity contribution in [1.29, 1.82) is 0 Å². The quantitative estimate of drug-likeness (QED) is 0.628. The van der Waals surface area contributed by atoms with E-state index in [1.54, 1.807) is 6.07 Å². The van der Waals surface area contributed by atoms with Crippen LogP contribution in [0.1, 0.15) is 18.4 Å². The molecule has 0 bridgehead atoms. The molecule has 1 fully saturated rings. The minimum atomic E-state index is -4.60. The Balaban J connectivity index is 0.00000225. The van der Waals surface area contributed by atoms with E-state index in [0.717, 1.165) is 36.7 Å². The van der Waals surface area contributed by atoms with Gasteiger partial charge < -0.3 is 10.1 Å². The van der Waals surface area contributed by atoms with E-state index in [1.807, 2.05) is 0 Å². The number of piperidine rings is 1. The molecule has 9 heteroatoms. The van der Waals surface area contributed by atoms with E-state index in [2.05, 4.69) is 10.4 Å². The van der Waals surface area contributed by atoms with Gasteiger partial charge in [0.15, 0.2) is 0 Å². The molecule has 0 radical (unpaired) electrons. The van der Waals surface area contributed by atoms with E-state index < -0.39 is 17.6 Å². The van der Waals surface area contributed by atoms with Gasteiger partial charge in [0.05, 0.1) is 16.5 Å². The zero-order valence-corrected chi connectivity index (χ0v) is 15.5. The number of hydrogen-bond donors (Lipinski definition) is 1. The Morgan fingerprint density at radius 3 is 2.43 bits per heavy atom. The Labute approximate surface area is 164 Å².